The first-order valence-electron chi connectivity index (χ1n) is 12.5. The number of unbranched alkanes of at least 4 members (excludes halogenated alkanes) is 1. The van der Waals surface area contributed by atoms with Crippen LogP contribution in [0.15, 0.2) is 45.6 Å². The molecule has 8 heteroatoms. The van der Waals surface area contributed by atoms with E-state index in [4.69, 9.17) is 24.3 Å². The van der Waals surface area contributed by atoms with Crippen molar-refractivity contribution in [3.05, 3.63) is 46.7 Å². The Hall–Kier alpha value is -3.13. The number of rotatable bonds is 10. The van der Waals surface area contributed by atoms with Crippen molar-refractivity contribution >= 4 is 17.5 Å². The molecule has 0 bridgehead atoms. The average Bonchev–Trinajstić information content (AvgIpc) is 3.14. The molecule has 36 heavy (non-hydrogen) atoms. The van der Waals surface area contributed by atoms with Gasteiger partial charge in [0.1, 0.15) is 6.04 Å². The molecule has 2 aliphatic heterocycles. The average molecular weight is 498 g/mol. The Morgan fingerprint density at radius 1 is 1.17 bits per heavy atom. The number of hydrogen-bond donors (Lipinski definition) is 1. The number of aliphatic imine (C=N–C) groups is 1. The fraction of sp³-hybridized carbons (Fsp3) is 0.536. The molecular weight excluding hydrogens is 458 g/mol. The smallest absolute Gasteiger partial charge is 0.235 e. The molecule has 196 valence electrons. The predicted molar refractivity (Wildman–Crippen MR) is 142 cm³/mol. The summed E-state index contributed by atoms with van der Waals surface area (Å²) in [4.78, 5) is 18.3. The van der Waals surface area contributed by atoms with Gasteiger partial charge >= 0.3 is 0 Å². The highest BCUT2D eigenvalue weighted by Gasteiger charge is 2.36. The molecule has 1 atom stereocenters. The maximum atomic E-state index is 13.5. The second-order valence-corrected chi connectivity index (χ2v) is 10.1. The number of ketones is 1. The van der Waals surface area contributed by atoms with E-state index >= 15 is 0 Å². The van der Waals surface area contributed by atoms with Gasteiger partial charge in [-0.1, -0.05) is 27.4 Å². The number of fused-ring (bicyclic) bond motifs is 1. The van der Waals surface area contributed by atoms with Gasteiger partial charge in [-0.3, -0.25) is 9.79 Å². The monoisotopic (exact) mass is 497 g/mol. The van der Waals surface area contributed by atoms with Gasteiger partial charge in [0, 0.05) is 35.3 Å². The number of aliphatic hydroxyl groups is 1. The van der Waals surface area contributed by atoms with Gasteiger partial charge < -0.3 is 19.3 Å². The summed E-state index contributed by atoms with van der Waals surface area (Å²) in [6.45, 7) is 17.3. The third-order valence-corrected chi connectivity index (χ3v) is 6.40. The van der Waals surface area contributed by atoms with E-state index in [1.54, 1.807) is 18.2 Å². The predicted octanol–water partition coefficient (Wildman–Crippen LogP) is 5.01. The minimum absolute atomic E-state index is 0.0638. The molecule has 0 amide bonds. The molecule has 0 aromatic heterocycles. The largest absolute Gasteiger partial charge is 0.493 e. The van der Waals surface area contributed by atoms with E-state index in [9.17, 15) is 4.79 Å². The highest BCUT2D eigenvalue weighted by atomic mass is 16.5. The molecule has 0 radical (unpaired) electrons. The van der Waals surface area contributed by atoms with Gasteiger partial charge in [0.2, 0.25) is 5.90 Å². The van der Waals surface area contributed by atoms with Crippen LogP contribution in [-0.4, -0.2) is 60.6 Å². The summed E-state index contributed by atoms with van der Waals surface area (Å²) in [7, 11) is 1.61. The molecule has 0 spiro atoms. The lowest BCUT2D eigenvalue weighted by Crippen LogP contribution is -2.30. The second kappa shape index (κ2) is 11.3. The molecule has 3 rings (SSSR count). The van der Waals surface area contributed by atoms with Crippen molar-refractivity contribution in [2.45, 2.75) is 72.3 Å². The van der Waals surface area contributed by atoms with Crippen molar-refractivity contribution in [3.8, 4) is 11.5 Å². The first-order valence-corrected chi connectivity index (χ1v) is 12.5. The van der Waals surface area contributed by atoms with Crippen LogP contribution >= 0.6 is 0 Å². The zero-order valence-electron chi connectivity index (χ0n) is 22.6. The normalized spacial score (nSPS) is 17.6. The molecule has 1 N–H and O–H groups in total. The SMILES string of the molecule is C=C1C(CC(=O)c2cc(OCCCCO)c(OC)c(C(C)(C)C)c2)N=C2C(C)=C(C)C(OCC)=NN12. The Bertz CT molecular complexity index is 1110. The van der Waals surface area contributed by atoms with Crippen LogP contribution in [0.4, 0.5) is 0 Å². The second-order valence-electron chi connectivity index (χ2n) is 10.1. The molecule has 1 aromatic carbocycles. The number of carbonyl (C=O) groups excluding carboxylic acids is 1. The number of ether oxygens (including phenoxy) is 3. The van der Waals surface area contributed by atoms with Gasteiger partial charge in [0.25, 0.3) is 0 Å². The van der Waals surface area contributed by atoms with Gasteiger partial charge in [-0.15, -0.1) is 5.10 Å². The molecule has 0 saturated heterocycles. The molecule has 1 aromatic rings. The van der Waals surface area contributed by atoms with Crippen molar-refractivity contribution in [3.63, 3.8) is 0 Å². The van der Waals surface area contributed by atoms with Crippen molar-refractivity contribution in [1.29, 1.82) is 0 Å². The van der Waals surface area contributed by atoms with Crippen LogP contribution in [0.5, 0.6) is 11.5 Å². The minimum Gasteiger partial charge on any atom is -0.493 e. The van der Waals surface area contributed by atoms with Gasteiger partial charge in [0.05, 0.1) is 26.0 Å². The number of hydrogen-bond acceptors (Lipinski definition) is 8. The number of nitrogens with zero attached hydrogens (tertiary/aromatic N) is 3. The first-order chi connectivity index (χ1) is 17.0. The summed E-state index contributed by atoms with van der Waals surface area (Å²) < 4.78 is 17.4. The molecule has 0 aliphatic carbocycles. The van der Waals surface area contributed by atoms with E-state index in [0.717, 1.165) is 16.7 Å². The zero-order valence-corrected chi connectivity index (χ0v) is 22.6. The van der Waals surface area contributed by atoms with E-state index < -0.39 is 6.04 Å². The number of aliphatic hydroxyl groups excluding tert-OH is 1. The zero-order chi connectivity index (χ0) is 26.6. The molecule has 0 fully saturated rings. The van der Waals surface area contributed by atoms with Gasteiger partial charge in [-0.25, -0.2) is 5.01 Å². The molecule has 1 unspecified atom stereocenters. The van der Waals surface area contributed by atoms with Crippen LogP contribution in [0.1, 0.15) is 76.7 Å². The van der Waals surface area contributed by atoms with Crippen LogP contribution in [-0.2, 0) is 10.2 Å². The fourth-order valence-corrected chi connectivity index (χ4v) is 4.18. The Kier molecular flexibility index (Phi) is 8.61. The highest BCUT2D eigenvalue weighted by molar-refractivity contribution is 6.11. The van der Waals surface area contributed by atoms with Crippen LogP contribution in [0.2, 0.25) is 0 Å². The minimum atomic E-state index is -0.422. The molecule has 2 aliphatic rings. The van der Waals surface area contributed by atoms with Crippen LogP contribution in [0, 0.1) is 0 Å². The Morgan fingerprint density at radius 3 is 2.50 bits per heavy atom. The van der Waals surface area contributed by atoms with Crippen molar-refractivity contribution in [2.24, 2.45) is 10.1 Å². The number of amidine groups is 1. The van der Waals surface area contributed by atoms with Crippen LogP contribution in [0.3, 0.4) is 0 Å². The van der Waals surface area contributed by atoms with Crippen molar-refractivity contribution in [2.75, 3.05) is 26.9 Å². The lowest BCUT2D eigenvalue weighted by Gasteiger charge is -2.25. The summed E-state index contributed by atoms with van der Waals surface area (Å²) in [5, 5.41) is 15.3. The number of benzene rings is 1. The summed E-state index contributed by atoms with van der Waals surface area (Å²) in [6.07, 6.45) is 1.51. The quantitative estimate of drug-likeness (QED) is 0.361. The van der Waals surface area contributed by atoms with E-state index in [-0.39, 0.29) is 24.2 Å². The first kappa shape index (κ1) is 27.5. The summed E-state index contributed by atoms with van der Waals surface area (Å²) >= 11 is 0. The van der Waals surface area contributed by atoms with E-state index in [2.05, 4.69) is 32.5 Å². The van der Waals surface area contributed by atoms with Crippen LogP contribution in [0.25, 0.3) is 0 Å². The van der Waals surface area contributed by atoms with E-state index in [1.165, 1.54) is 0 Å². The van der Waals surface area contributed by atoms with E-state index in [0.29, 0.717) is 60.5 Å². The van der Waals surface area contributed by atoms with Crippen LogP contribution < -0.4 is 9.47 Å². The fourth-order valence-electron chi connectivity index (χ4n) is 4.18. The maximum absolute atomic E-state index is 13.5. The molecule has 0 saturated carbocycles. The third kappa shape index (κ3) is 5.64. The molecule has 2 heterocycles. The van der Waals surface area contributed by atoms with Crippen molar-refractivity contribution < 1.29 is 24.1 Å². The van der Waals surface area contributed by atoms with Gasteiger partial charge in [0.15, 0.2) is 23.1 Å². The van der Waals surface area contributed by atoms with Crippen molar-refractivity contribution in [1.82, 2.24) is 5.01 Å². The maximum Gasteiger partial charge on any atom is 0.235 e. The third-order valence-electron chi connectivity index (χ3n) is 6.40. The van der Waals surface area contributed by atoms with Gasteiger partial charge in [-0.05, 0) is 51.2 Å². The topological polar surface area (TPSA) is 93.0 Å². The Balaban J connectivity index is 1.90. The Labute approximate surface area is 214 Å². The van der Waals surface area contributed by atoms with Gasteiger partial charge in [-0.2, -0.15) is 0 Å². The summed E-state index contributed by atoms with van der Waals surface area (Å²) in [5.41, 5.74) is 3.70. The number of carbonyl (C=O) groups is 1. The lowest BCUT2D eigenvalue weighted by molar-refractivity contribution is 0.0977. The Morgan fingerprint density at radius 2 is 1.89 bits per heavy atom. The molecule has 8 nitrogen and oxygen atoms in total. The van der Waals surface area contributed by atoms with E-state index in [1.807, 2.05) is 26.8 Å². The molecular formula is C28H39N3O5. The summed E-state index contributed by atoms with van der Waals surface area (Å²) in [5.74, 6) is 2.35. The summed E-state index contributed by atoms with van der Waals surface area (Å²) in [6, 6.07) is 3.21. The number of methoxy groups -OCH3 is 1. The number of hydrazone groups is 1. The number of Topliss-reactive ketones (excluding diaryl/α,β-unsaturated/α-hetero) is 1. The lowest BCUT2D eigenvalue weighted by atomic mass is 9.84. The highest BCUT2D eigenvalue weighted by Crippen LogP contribution is 2.40. The standard InChI is InChI=1S/C28H39N3O5/c1-9-35-27-18(3)17(2)26-29-22(19(4)31(26)30-27)16-23(33)20-14-21(28(5,6)7)25(34-8)24(15-20)36-13-11-10-12-32/h14-15,22,32H,4,9-13,16H2,1-3,5-8H3.